The number of nitriles is 1. The highest BCUT2D eigenvalue weighted by Gasteiger charge is 2.23. The summed E-state index contributed by atoms with van der Waals surface area (Å²) in [5.41, 5.74) is 10.8. The Hall–Kier alpha value is -3.44. The molecular formula is C19H18N6O2. The van der Waals surface area contributed by atoms with Crippen molar-refractivity contribution in [2.75, 3.05) is 19.5 Å². The number of aromatic nitrogens is 4. The first-order valence-corrected chi connectivity index (χ1v) is 8.50. The lowest BCUT2D eigenvalue weighted by Gasteiger charge is -2.22. The van der Waals surface area contributed by atoms with Gasteiger partial charge in [-0.25, -0.2) is 14.6 Å². The van der Waals surface area contributed by atoms with E-state index < -0.39 is 0 Å². The lowest BCUT2D eigenvalue weighted by molar-refractivity contribution is 0.109. The lowest BCUT2D eigenvalue weighted by Crippen LogP contribution is -2.16. The number of hydrogen-bond acceptors (Lipinski definition) is 7. The molecule has 0 spiro atoms. The zero-order chi connectivity index (χ0) is 18.8. The van der Waals surface area contributed by atoms with Crippen molar-refractivity contribution >= 4 is 5.82 Å². The number of pyridine rings is 1. The molecule has 1 aromatic carbocycles. The molecule has 0 atom stereocenters. The van der Waals surface area contributed by atoms with Crippen LogP contribution >= 0.6 is 0 Å². The molecule has 1 aliphatic heterocycles. The molecule has 0 amide bonds. The molecule has 2 N–H and O–H groups in total. The van der Waals surface area contributed by atoms with Gasteiger partial charge in [0, 0.05) is 23.1 Å². The number of ether oxygens (including phenoxy) is 2. The Labute approximate surface area is 156 Å². The maximum absolute atomic E-state index is 9.68. The highest BCUT2D eigenvalue weighted by Crippen LogP contribution is 2.36. The summed E-state index contributed by atoms with van der Waals surface area (Å²) in [5, 5.41) is 13.8. The molecule has 2 aromatic heterocycles. The second-order valence-corrected chi connectivity index (χ2v) is 6.21. The number of nitrogen functional groups attached to an aromatic ring is 1. The van der Waals surface area contributed by atoms with Crippen LogP contribution in [0.25, 0.3) is 11.1 Å². The first-order valence-electron chi connectivity index (χ1n) is 8.50. The van der Waals surface area contributed by atoms with Crippen LogP contribution < -0.4 is 10.5 Å². The van der Waals surface area contributed by atoms with E-state index >= 15 is 0 Å². The molecule has 8 nitrogen and oxygen atoms in total. The normalized spacial score (nSPS) is 13.0. The van der Waals surface area contributed by atoms with E-state index in [2.05, 4.69) is 21.1 Å². The molecule has 0 radical (unpaired) electrons. The summed E-state index contributed by atoms with van der Waals surface area (Å²) in [7, 11) is 1.63. The van der Waals surface area contributed by atoms with Crippen LogP contribution in [0.5, 0.6) is 5.75 Å². The zero-order valence-electron chi connectivity index (χ0n) is 14.8. The van der Waals surface area contributed by atoms with Crippen molar-refractivity contribution in [3.8, 4) is 22.9 Å². The number of fused-ring (bicyclic) bond motifs is 1. The summed E-state index contributed by atoms with van der Waals surface area (Å²) in [6.07, 6.45) is 3.81. The molecule has 8 heteroatoms. The van der Waals surface area contributed by atoms with Crippen LogP contribution in [0.15, 0.2) is 30.9 Å². The van der Waals surface area contributed by atoms with Crippen LogP contribution in [0.3, 0.4) is 0 Å². The van der Waals surface area contributed by atoms with E-state index in [4.69, 9.17) is 15.2 Å². The van der Waals surface area contributed by atoms with Crippen molar-refractivity contribution in [1.82, 2.24) is 19.7 Å². The molecule has 4 rings (SSSR count). The van der Waals surface area contributed by atoms with Gasteiger partial charge in [-0.2, -0.15) is 10.4 Å². The van der Waals surface area contributed by atoms with Gasteiger partial charge >= 0.3 is 0 Å². The number of methoxy groups -OCH3 is 1. The van der Waals surface area contributed by atoms with Gasteiger partial charge in [-0.05, 0) is 17.7 Å². The molecule has 0 saturated carbocycles. The number of nitrogens with two attached hydrogens (primary N) is 1. The Bertz CT molecular complexity index is 1020. The number of nitrogens with zero attached hydrogens (tertiary/aromatic N) is 5. The molecule has 0 aliphatic carbocycles. The molecular weight excluding hydrogens is 344 g/mol. The van der Waals surface area contributed by atoms with Crippen molar-refractivity contribution in [1.29, 1.82) is 5.26 Å². The SMILES string of the molecule is COc1ccc(-c2c(C#N)c(N)nc3c2COCC3)cc1Cn1cncn1. The Morgan fingerprint density at radius 3 is 3.04 bits per heavy atom. The van der Waals surface area contributed by atoms with E-state index in [0.29, 0.717) is 31.7 Å². The molecule has 0 unspecified atom stereocenters. The van der Waals surface area contributed by atoms with Gasteiger partial charge in [0.2, 0.25) is 0 Å². The van der Waals surface area contributed by atoms with E-state index in [9.17, 15) is 5.26 Å². The molecule has 3 heterocycles. The van der Waals surface area contributed by atoms with Crippen LogP contribution in [0.2, 0.25) is 0 Å². The molecule has 3 aromatic rings. The average molecular weight is 362 g/mol. The Balaban J connectivity index is 1.89. The zero-order valence-corrected chi connectivity index (χ0v) is 14.8. The highest BCUT2D eigenvalue weighted by atomic mass is 16.5. The molecule has 1 aliphatic rings. The van der Waals surface area contributed by atoms with Crippen molar-refractivity contribution in [3.05, 3.63) is 53.2 Å². The largest absolute Gasteiger partial charge is 0.496 e. The third-order valence-corrected chi connectivity index (χ3v) is 4.62. The minimum Gasteiger partial charge on any atom is -0.496 e. The molecule has 0 bridgehead atoms. The molecule has 136 valence electrons. The van der Waals surface area contributed by atoms with E-state index in [1.54, 1.807) is 18.1 Å². The predicted octanol–water partition coefficient (Wildman–Crippen LogP) is 1.92. The minimum atomic E-state index is 0.252. The Morgan fingerprint density at radius 2 is 2.30 bits per heavy atom. The Kier molecular flexibility index (Phi) is 4.44. The van der Waals surface area contributed by atoms with Gasteiger partial charge in [0.15, 0.2) is 0 Å². The van der Waals surface area contributed by atoms with Gasteiger partial charge in [0.25, 0.3) is 0 Å². The van der Waals surface area contributed by atoms with Crippen LogP contribution in [-0.4, -0.2) is 33.5 Å². The van der Waals surface area contributed by atoms with Gasteiger partial charge in [-0.3, -0.25) is 0 Å². The number of anilines is 1. The molecule has 0 saturated heterocycles. The van der Waals surface area contributed by atoms with Gasteiger partial charge < -0.3 is 15.2 Å². The Morgan fingerprint density at radius 1 is 1.41 bits per heavy atom. The second kappa shape index (κ2) is 7.05. The van der Waals surface area contributed by atoms with E-state index in [0.717, 1.165) is 33.7 Å². The third kappa shape index (κ3) is 3.09. The predicted molar refractivity (Wildman–Crippen MR) is 97.8 cm³/mol. The summed E-state index contributed by atoms with van der Waals surface area (Å²) < 4.78 is 12.8. The monoisotopic (exact) mass is 362 g/mol. The van der Waals surface area contributed by atoms with Crippen molar-refractivity contribution in [3.63, 3.8) is 0 Å². The summed E-state index contributed by atoms with van der Waals surface area (Å²) in [5.74, 6) is 0.988. The number of hydrogen-bond donors (Lipinski definition) is 1. The van der Waals surface area contributed by atoms with Crippen molar-refractivity contribution in [2.45, 2.75) is 19.6 Å². The average Bonchev–Trinajstić information content (AvgIpc) is 3.20. The fraction of sp³-hybridized carbons (Fsp3) is 0.263. The van der Waals surface area contributed by atoms with Crippen LogP contribution in [0.4, 0.5) is 5.82 Å². The van der Waals surface area contributed by atoms with E-state index in [-0.39, 0.29) is 5.82 Å². The maximum Gasteiger partial charge on any atom is 0.142 e. The topological polar surface area (TPSA) is 112 Å². The standard InChI is InChI=1S/C19H18N6O2/c1-26-17-3-2-12(6-13(17)8-25-11-22-10-23-25)18-14(7-20)19(21)24-16-4-5-27-9-15(16)18/h2-3,6,10-11H,4-5,8-9H2,1H3,(H2,21,24). The van der Waals surface area contributed by atoms with Gasteiger partial charge in [0.1, 0.15) is 35.9 Å². The fourth-order valence-corrected chi connectivity index (χ4v) is 3.38. The van der Waals surface area contributed by atoms with Crippen LogP contribution in [-0.2, 0) is 24.3 Å². The smallest absolute Gasteiger partial charge is 0.142 e. The van der Waals surface area contributed by atoms with Gasteiger partial charge in [-0.15, -0.1) is 0 Å². The van der Waals surface area contributed by atoms with Crippen LogP contribution in [0, 0.1) is 11.3 Å². The highest BCUT2D eigenvalue weighted by molar-refractivity contribution is 5.80. The minimum absolute atomic E-state index is 0.252. The molecule has 27 heavy (non-hydrogen) atoms. The van der Waals surface area contributed by atoms with Crippen LogP contribution in [0.1, 0.15) is 22.4 Å². The summed E-state index contributed by atoms with van der Waals surface area (Å²) >= 11 is 0. The lowest BCUT2D eigenvalue weighted by atomic mass is 9.91. The van der Waals surface area contributed by atoms with Gasteiger partial charge in [0.05, 0.1) is 32.6 Å². The third-order valence-electron chi connectivity index (χ3n) is 4.62. The van der Waals surface area contributed by atoms with Gasteiger partial charge in [-0.1, -0.05) is 6.07 Å². The van der Waals surface area contributed by atoms with E-state index in [1.807, 2.05) is 18.2 Å². The number of benzene rings is 1. The summed E-state index contributed by atoms with van der Waals surface area (Å²) in [4.78, 5) is 8.39. The quantitative estimate of drug-likeness (QED) is 0.754. The van der Waals surface area contributed by atoms with E-state index in [1.165, 1.54) is 6.33 Å². The summed E-state index contributed by atoms with van der Waals surface area (Å²) in [6.45, 7) is 1.51. The number of rotatable bonds is 4. The second-order valence-electron chi connectivity index (χ2n) is 6.21. The fourth-order valence-electron chi connectivity index (χ4n) is 3.38. The first kappa shape index (κ1) is 17.0. The molecule has 0 fully saturated rings. The van der Waals surface area contributed by atoms with Crippen molar-refractivity contribution in [2.24, 2.45) is 0 Å². The summed E-state index contributed by atoms with van der Waals surface area (Å²) in [6, 6.07) is 8.00. The van der Waals surface area contributed by atoms with Crippen molar-refractivity contribution < 1.29 is 9.47 Å². The first-order chi connectivity index (χ1) is 13.2. The maximum atomic E-state index is 9.68.